The molecule has 0 saturated heterocycles. The first-order chi connectivity index (χ1) is 8.84. The van der Waals surface area contributed by atoms with Gasteiger partial charge in [0, 0.05) is 6.61 Å². The van der Waals surface area contributed by atoms with Gasteiger partial charge in [-0.15, -0.1) is 0 Å². The largest absolute Gasteiger partial charge is 0.397 e. The Kier molecular flexibility index (Phi) is 5.82. The van der Waals surface area contributed by atoms with Crippen molar-refractivity contribution in [3.05, 3.63) is 23.8 Å². The second kappa shape index (κ2) is 6.91. The highest BCUT2D eigenvalue weighted by atomic mass is 32.2. The van der Waals surface area contributed by atoms with E-state index in [9.17, 15) is 8.42 Å². The maximum absolute atomic E-state index is 12.1. The summed E-state index contributed by atoms with van der Waals surface area (Å²) in [5, 5.41) is 0. The molecular formula is C14H23NO3S. The number of para-hydroxylation sites is 1. The molecule has 0 saturated carbocycles. The minimum atomic E-state index is -3.36. The molecule has 0 fully saturated rings. The highest BCUT2D eigenvalue weighted by Crippen LogP contribution is 2.22. The fourth-order valence-corrected chi connectivity index (χ4v) is 2.96. The normalized spacial score (nSPS) is 12.0. The van der Waals surface area contributed by atoms with Crippen LogP contribution >= 0.6 is 0 Å². The number of hydrogen-bond acceptors (Lipinski definition) is 4. The van der Waals surface area contributed by atoms with E-state index >= 15 is 0 Å². The second-order valence-electron chi connectivity index (χ2n) is 5.10. The molecule has 108 valence electrons. The minimum Gasteiger partial charge on any atom is -0.397 e. The molecule has 2 N–H and O–H groups in total. The van der Waals surface area contributed by atoms with Crippen molar-refractivity contribution in [2.75, 3.05) is 24.7 Å². The molecule has 0 bridgehead atoms. The molecule has 0 aromatic heterocycles. The number of nitrogen functional groups attached to an aromatic ring is 1. The summed E-state index contributed by atoms with van der Waals surface area (Å²) < 4.78 is 29.6. The van der Waals surface area contributed by atoms with Gasteiger partial charge in [-0.3, -0.25) is 0 Å². The molecule has 4 nitrogen and oxygen atoms in total. The lowest BCUT2D eigenvalue weighted by Crippen LogP contribution is -2.15. The van der Waals surface area contributed by atoms with E-state index in [-0.39, 0.29) is 17.3 Å². The van der Waals surface area contributed by atoms with Crippen molar-refractivity contribution in [2.24, 2.45) is 5.92 Å². The molecule has 5 heteroatoms. The third kappa shape index (κ3) is 4.84. The fourth-order valence-electron chi connectivity index (χ4n) is 1.62. The van der Waals surface area contributed by atoms with E-state index in [4.69, 9.17) is 10.5 Å². The van der Waals surface area contributed by atoms with Crippen molar-refractivity contribution in [1.29, 1.82) is 0 Å². The van der Waals surface area contributed by atoms with E-state index in [0.29, 0.717) is 18.2 Å². The molecule has 19 heavy (non-hydrogen) atoms. The molecule has 0 aliphatic heterocycles. The lowest BCUT2D eigenvalue weighted by atomic mass is 10.1. The van der Waals surface area contributed by atoms with Crippen LogP contribution in [0.3, 0.4) is 0 Å². The van der Waals surface area contributed by atoms with Gasteiger partial charge in [0.15, 0.2) is 9.84 Å². The number of sulfone groups is 1. The molecular weight excluding hydrogens is 262 g/mol. The van der Waals surface area contributed by atoms with Crippen molar-refractivity contribution < 1.29 is 13.2 Å². The summed E-state index contributed by atoms with van der Waals surface area (Å²) in [6.07, 6.45) is 0.937. The van der Waals surface area contributed by atoms with Crippen LogP contribution in [0.4, 0.5) is 5.69 Å². The average molecular weight is 285 g/mol. The zero-order valence-electron chi connectivity index (χ0n) is 11.8. The van der Waals surface area contributed by atoms with Gasteiger partial charge in [0.2, 0.25) is 0 Å². The Hall–Kier alpha value is -1.07. The molecule has 0 amide bonds. The lowest BCUT2D eigenvalue weighted by Gasteiger charge is -2.10. The molecule has 1 aromatic carbocycles. The highest BCUT2D eigenvalue weighted by molar-refractivity contribution is 7.91. The van der Waals surface area contributed by atoms with Crippen LogP contribution in [0.1, 0.15) is 25.8 Å². The molecule has 0 atom stereocenters. The van der Waals surface area contributed by atoms with Crippen molar-refractivity contribution >= 4 is 15.5 Å². The van der Waals surface area contributed by atoms with Gasteiger partial charge in [-0.2, -0.15) is 0 Å². The number of hydrogen-bond donors (Lipinski definition) is 1. The van der Waals surface area contributed by atoms with Crippen LogP contribution in [0.15, 0.2) is 23.1 Å². The summed E-state index contributed by atoms with van der Waals surface area (Å²) >= 11 is 0. The Labute approximate surface area is 115 Å². The second-order valence-corrected chi connectivity index (χ2v) is 7.18. The van der Waals surface area contributed by atoms with Gasteiger partial charge < -0.3 is 10.5 Å². The van der Waals surface area contributed by atoms with Crippen molar-refractivity contribution in [3.63, 3.8) is 0 Å². The van der Waals surface area contributed by atoms with Crippen LogP contribution in [0.5, 0.6) is 0 Å². The fraction of sp³-hybridized carbons (Fsp3) is 0.571. The van der Waals surface area contributed by atoms with Gasteiger partial charge in [0.1, 0.15) is 0 Å². The molecule has 0 spiro atoms. The van der Waals surface area contributed by atoms with Gasteiger partial charge in [-0.1, -0.05) is 26.0 Å². The third-order valence-corrected chi connectivity index (χ3v) is 4.69. The quantitative estimate of drug-likeness (QED) is 0.617. The minimum absolute atomic E-state index is 0.0290. The summed E-state index contributed by atoms with van der Waals surface area (Å²) in [7, 11) is -3.36. The molecule has 0 unspecified atom stereocenters. The van der Waals surface area contributed by atoms with Gasteiger partial charge in [0.25, 0.3) is 0 Å². The highest BCUT2D eigenvalue weighted by Gasteiger charge is 2.18. The Morgan fingerprint density at radius 2 is 1.95 bits per heavy atom. The number of ether oxygens (including phenoxy) is 1. The summed E-state index contributed by atoms with van der Waals surface area (Å²) in [5.41, 5.74) is 6.94. The van der Waals surface area contributed by atoms with E-state index in [1.807, 2.05) is 0 Å². The van der Waals surface area contributed by atoms with Crippen molar-refractivity contribution in [2.45, 2.75) is 32.1 Å². The predicted molar refractivity (Wildman–Crippen MR) is 77.9 cm³/mol. The van der Waals surface area contributed by atoms with Gasteiger partial charge >= 0.3 is 0 Å². The van der Waals surface area contributed by atoms with E-state index < -0.39 is 9.84 Å². The maximum Gasteiger partial charge on any atom is 0.182 e. The number of anilines is 1. The zero-order valence-corrected chi connectivity index (χ0v) is 12.7. The van der Waals surface area contributed by atoms with E-state index in [2.05, 4.69) is 13.8 Å². The SMILES string of the molecule is Cc1cccc(S(=O)(=O)CCOCCC(C)C)c1N. The van der Waals surface area contributed by atoms with E-state index in [1.165, 1.54) is 0 Å². The standard InChI is InChI=1S/C14H23NO3S/c1-11(2)7-8-18-9-10-19(16,17)13-6-4-5-12(3)14(13)15/h4-6,11H,7-10,15H2,1-3H3. The smallest absolute Gasteiger partial charge is 0.182 e. The number of benzene rings is 1. The van der Waals surface area contributed by atoms with Crippen LogP contribution in [0.2, 0.25) is 0 Å². The Balaban J connectivity index is 2.59. The molecule has 0 aliphatic carbocycles. The zero-order chi connectivity index (χ0) is 14.5. The Morgan fingerprint density at radius 1 is 1.26 bits per heavy atom. The monoisotopic (exact) mass is 285 g/mol. The Bertz CT molecular complexity index is 509. The topological polar surface area (TPSA) is 69.4 Å². The number of rotatable bonds is 7. The molecule has 0 heterocycles. The lowest BCUT2D eigenvalue weighted by molar-refractivity contribution is 0.137. The summed E-state index contributed by atoms with van der Waals surface area (Å²) in [6, 6.07) is 5.05. The molecule has 0 radical (unpaired) electrons. The van der Waals surface area contributed by atoms with Crippen LogP contribution in [0.25, 0.3) is 0 Å². The third-order valence-electron chi connectivity index (χ3n) is 2.96. The number of nitrogens with two attached hydrogens (primary N) is 1. The molecule has 0 aliphatic rings. The van der Waals surface area contributed by atoms with Gasteiger partial charge in [-0.25, -0.2) is 8.42 Å². The first-order valence-electron chi connectivity index (χ1n) is 6.50. The summed E-state index contributed by atoms with van der Waals surface area (Å²) in [5.74, 6) is 0.530. The van der Waals surface area contributed by atoms with E-state index in [1.54, 1.807) is 25.1 Å². The van der Waals surface area contributed by atoms with Crippen LogP contribution < -0.4 is 5.73 Å². The van der Waals surface area contributed by atoms with Gasteiger partial charge in [0.05, 0.1) is 22.9 Å². The summed E-state index contributed by atoms with van der Waals surface area (Å²) in [6.45, 7) is 6.81. The number of aryl methyl sites for hydroxylation is 1. The first-order valence-corrected chi connectivity index (χ1v) is 8.15. The van der Waals surface area contributed by atoms with Crippen molar-refractivity contribution in [3.8, 4) is 0 Å². The first kappa shape index (κ1) is 16.0. The summed E-state index contributed by atoms with van der Waals surface area (Å²) in [4.78, 5) is 0.208. The van der Waals surface area contributed by atoms with Crippen LogP contribution in [-0.4, -0.2) is 27.4 Å². The van der Waals surface area contributed by atoms with E-state index in [0.717, 1.165) is 12.0 Å². The van der Waals surface area contributed by atoms with Crippen molar-refractivity contribution in [1.82, 2.24) is 0 Å². The average Bonchev–Trinajstić information content (AvgIpc) is 2.31. The van der Waals surface area contributed by atoms with Gasteiger partial charge in [-0.05, 0) is 30.9 Å². The van der Waals surface area contributed by atoms with Crippen LogP contribution in [-0.2, 0) is 14.6 Å². The molecule has 1 rings (SSSR count). The maximum atomic E-state index is 12.1. The predicted octanol–water partition coefficient (Wildman–Crippen LogP) is 2.41. The Morgan fingerprint density at radius 3 is 2.58 bits per heavy atom. The van der Waals surface area contributed by atoms with Crippen LogP contribution in [0, 0.1) is 12.8 Å². The molecule has 1 aromatic rings.